The number of amides is 1. The molecule has 4 N–H and O–H groups in total. The average molecular weight is 614 g/mol. The van der Waals surface area contributed by atoms with E-state index in [1.54, 1.807) is 10.7 Å². The lowest BCUT2D eigenvalue weighted by Gasteiger charge is -2.31. The van der Waals surface area contributed by atoms with Crippen LogP contribution in [0.25, 0.3) is 5.65 Å². The minimum absolute atomic E-state index is 0.146. The van der Waals surface area contributed by atoms with Crippen LogP contribution in [0.4, 0.5) is 30.4 Å². The van der Waals surface area contributed by atoms with Crippen LogP contribution in [-0.4, -0.2) is 83.2 Å². The SMILES string of the molecule is N[C@@H]1CCCN(c2ccn3ncc(C(=O)Nc4ccc(N5CCOCC5)cc4Br)c3n2)C1.O=C(O)C(F)(F)F. The third-order valence-electron chi connectivity index (χ3n) is 6.20. The molecule has 2 aliphatic heterocycles. The molecular formula is C24H27BrF3N7O4. The van der Waals surface area contributed by atoms with Gasteiger partial charge in [-0.05, 0) is 53.0 Å². The van der Waals surface area contributed by atoms with Gasteiger partial charge >= 0.3 is 12.1 Å². The molecule has 2 saturated heterocycles. The lowest BCUT2D eigenvalue weighted by molar-refractivity contribution is -0.192. The Bertz CT molecular complexity index is 1330. The molecule has 5 rings (SSSR count). The second-order valence-electron chi connectivity index (χ2n) is 8.98. The van der Waals surface area contributed by atoms with Crippen molar-refractivity contribution in [3.63, 3.8) is 0 Å². The Balaban J connectivity index is 0.000000448. The van der Waals surface area contributed by atoms with Crippen molar-refractivity contribution in [2.24, 2.45) is 5.73 Å². The van der Waals surface area contributed by atoms with E-state index >= 15 is 0 Å². The molecular weight excluding hydrogens is 587 g/mol. The first-order valence-electron chi connectivity index (χ1n) is 12.1. The van der Waals surface area contributed by atoms with Crippen LogP contribution in [0, 0.1) is 0 Å². The van der Waals surface area contributed by atoms with E-state index < -0.39 is 12.1 Å². The highest BCUT2D eigenvalue weighted by atomic mass is 79.9. The van der Waals surface area contributed by atoms with Crippen molar-refractivity contribution in [2.75, 3.05) is 54.5 Å². The van der Waals surface area contributed by atoms with E-state index in [1.807, 2.05) is 30.5 Å². The lowest BCUT2D eigenvalue weighted by atomic mass is 10.1. The minimum Gasteiger partial charge on any atom is -0.475 e. The minimum atomic E-state index is -5.08. The normalized spacial score (nSPS) is 17.9. The van der Waals surface area contributed by atoms with Crippen LogP contribution in [0.15, 0.2) is 41.1 Å². The average Bonchev–Trinajstić information content (AvgIpc) is 3.34. The molecule has 0 bridgehead atoms. The Morgan fingerprint density at radius 1 is 1.15 bits per heavy atom. The first kappa shape index (κ1) is 28.6. The number of aliphatic carboxylic acids is 1. The second kappa shape index (κ2) is 12.2. The Labute approximate surface area is 229 Å². The number of benzene rings is 1. The zero-order valence-electron chi connectivity index (χ0n) is 20.7. The van der Waals surface area contributed by atoms with Crippen LogP contribution in [0.3, 0.4) is 0 Å². The molecule has 3 aromatic rings. The monoisotopic (exact) mass is 613 g/mol. The van der Waals surface area contributed by atoms with Gasteiger partial charge in [0, 0.05) is 48.6 Å². The predicted molar refractivity (Wildman–Crippen MR) is 141 cm³/mol. The highest BCUT2D eigenvalue weighted by molar-refractivity contribution is 9.10. The van der Waals surface area contributed by atoms with Gasteiger partial charge in [-0.3, -0.25) is 4.79 Å². The van der Waals surface area contributed by atoms with E-state index in [2.05, 4.69) is 36.1 Å². The predicted octanol–water partition coefficient (Wildman–Crippen LogP) is 3.14. The number of nitrogens with zero attached hydrogens (tertiary/aromatic N) is 5. The number of rotatable bonds is 4. The summed E-state index contributed by atoms with van der Waals surface area (Å²) in [5.41, 5.74) is 8.88. The summed E-state index contributed by atoms with van der Waals surface area (Å²) >= 11 is 3.60. The number of hydrogen-bond donors (Lipinski definition) is 3. The van der Waals surface area contributed by atoms with Crippen molar-refractivity contribution in [1.29, 1.82) is 0 Å². The largest absolute Gasteiger partial charge is 0.490 e. The van der Waals surface area contributed by atoms with Gasteiger partial charge in [0.25, 0.3) is 5.91 Å². The maximum absolute atomic E-state index is 13.1. The molecule has 1 aromatic carbocycles. The van der Waals surface area contributed by atoms with Crippen LogP contribution in [0.5, 0.6) is 0 Å². The highest BCUT2D eigenvalue weighted by Crippen LogP contribution is 2.29. The second-order valence-corrected chi connectivity index (χ2v) is 9.84. The van der Waals surface area contributed by atoms with Crippen LogP contribution in [-0.2, 0) is 9.53 Å². The topological polar surface area (TPSA) is 138 Å². The first-order chi connectivity index (χ1) is 18.5. The van der Waals surface area contributed by atoms with Crippen molar-refractivity contribution >= 4 is 50.6 Å². The molecule has 0 unspecified atom stereocenters. The maximum Gasteiger partial charge on any atom is 0.490 e. The lowest BCUT2D eigenvalue weighted by Crippen LogP contribution is -2.43. The summed E-state index contributed by atoms with van der Waals surface area (Å²) in [6.07, 6.45) is 0.369. The number of morpholine rings is 1. The van der Waals surface area contributed by atoms with Crippen LogP contribution < -0.4 is 20.9 Å². The van der Waals surface area contributed by atoms with Crippen molar-refractivity contribution in [3.05, 3.63) is 46.7 Å². The van der Waals surface area contributed by atoms with E-state index in [9.17, 15) is 18.0 Å². The molecule has 11 nitrogen and oxygen atoms in total. The smallest absolute Gasteiger partial charge is 0.475 e. The van der Waals surface area contributed by atoms with E-state index in [0.717, 1.165) is 68.2 Å². The number of nitrogens with one attached hydrogen (secondary N) is 1. The van der Waals surface area contributed by atoms with Crippen LogP contribution in [0.2, 0.25) is 0 Å². The number of anilines is 3. The van der Waals surface area contributed by atoms with Gasteiger partial charge in [0.15, 0.2) is 5.65 Å². The van der Waals surface area contributed by atoms with Gasteiger partial charge in [0.1, 0.15) is 11.4 Å². The van der Waals surface area contributed by atoms with Gasteiger partial charge in [-0.25, -0.2) is 14.3 Å². The van der Waals surface area contributed by atoms with E-state index in [-0.39, 0.29) is 11.9 Å². The Kier molecular flexibility index (Phi) is 8.92. The Morgan fingerprint density at radius 2 is 1.87 bits per heavy atom. The molecule has 0 saturated carbocycles. The summed E-state index contributed by atoms with van der Waals surface area (Å²) in [4.78, 5) is 31.1. The van der Waals surface area contributed by atoms with Crippen LogP contribution >= 0.6 is 15.9 Å². The molecule has 39 heavy (non-hydrogen) atoms. The molecule has 2 fully saturated rings. The zero-order valence-corrected chi connectivity index (χ0v) is 22.3. The number of halogens is 4. The fraction of sp³-hybridized carbons (Fsp3) is 0.417. The first-order valence-corrected chi connectivity index (χ1v) is 12.9. The molecule has 210 valence electrons. The fourth-order valence-electron chi connectivity index (χ4n) is 4.23. The Morgan fingerprint density at radius 3 is 2.51 bits per heavy atom. The molecule has 2 aromatic heterocycles. The van der Waals surface area contributed by atoms with Gasteiger partial charge in [-0.2, -0.15) is 18.3 Å². The molecule has 0 radical (unpaired) electrons. The quantitative estimate of drug-likeness (QED) is 0.405. The summed E-state index contributed by atoms with van der Waals surface area (Å²) in [7, 11) is 0. The molecule has 15 heteroatoms. The number of carboxylic acid groups (broad SMARTS) is 1. The number of piperidine rings is 1. The van der Waals surface area contributed by atoms with Crippen molar-refractivity contribution in [3.8, 4) is 0 Å². The highest BCUT2D eigenvalue weighted by Gasteiger charge is 2.38. The molecule has 1 amide bonds. The van der Waals surface area contributed by atoms with E-state index in [1.165, 1.54) is 0 Å². The van der Waals surface area contributed by atoms with Crippen LogP contribution in [0.1, 0.15) is 23.2 Å². The summed E-state index contributed by atoms with van der Waals surface area (Å²) in [5.74, 6) is -2.19. The van der Waals surface area contributed by atoms with Crippen molar-refractivity contribution < 1.29 is 32.6 Å². The van der Waals surface area contributed by atoms with Gasteiger partial charge in [-0.1, -0.05) is 0 Å². The van der Waals surface area contributed by atoms with E-state index in [4.69, 9.17) is 25.4 Å². The van der Waals surface area contributed by atoms with Gasteiger partial charge in [0.2, 0.25) is 0 Å². The van der Waals surface area contributed by atoms with Crippen molar-refractivity contribution in [1.82, 2.24) is 14.6 Å². The number of nitrogens with two attached hydrogens (primary N) is 1. The fourth-order valence-corrected chi connectivity index (χ4v) is 4.69. The third-order valence-corrected chi connectivity index (χ3v) is 6.86. The van der Waals surface area contributed by atoms with Gasteiger partial charge in [0.05, 0.1) is 25.1 Å². The molecule has 2 aliphatic rings. The van der Waals surface area contributed by atoms with Gasteiger partial charge in [-0.15, -0.1) is 0 Å². The molecule has 0 spiro atoms. The number of ether oxygens (including phenoxy) is 1. The number of carbonyl (C=O) groups is 2. The number of alkyl halides is 3. The van der Waals surface area contributed by atoms with E-state index in [0.29, 0.717) is 16.9 Å². The molecule has 1 atom stereocenters. The summed E-state index contributed by atoms with van der Waals surface area (Å²) in [5, 5.41) is 14.4. The number of fused-ring (bicyclic) bond motifs is 1. The van der Waals surface area contributed by atoms with Gasteiger partial charge < -0.3 is 30.7 Å². The maximum atomic E-state index is 13.1. The molecule has 0 aliphatic carbocycles. The summed E-state index contributed by atoms with van der Waals surface area (Å²) in [6, 6.07) is 8.00. The standard InChI is InChI=1S/C22H26BrN7O2.C2HF3O2/c23-18-12-16(28-8-10-32-11-9-28)3-4-19(18)26-22(31)17-13-25-30-7-5-20(27-21(17)30)29-6-1-2-15(24)14-29;3-2(4,5)1(6)7/h3-5,7,12-13,15H,1-2,6,8-11,14,24H2,(H,26,31);(H,6,7)/t15-;/m1./s1. The number of carbonyl (C=O) groups excluding carboxylic acids is 1. The summed E-state index contributed by atoms with van der Waals surface area (Å²) in [6.45, 7) is 4.84. The Hall–Kier alpha value is -3.43. The number of hydrogen-bond acceptors (Lipinski definition) is 8. The number of aromatic nitrogens is 3. The third kappa shape index (κ3) is 7.16. The summed E-state index contributed by atoms with van der Waals surface area (Å²) < 4.78 is 39.6. The van der Waals surface area contributed by atoms with Crippen molar-refractivity contribution in [2.45, 2.75) is 25.1 Å². The zero-order chi connectivity index (χ0) is 28.2. The molecule has 4 heterocycles. The number of carboxylic acids is 1.